The summed E-state index contributed by atoms with van der Waals surface area (Å²) in [5, 5.41) is 8.22. The number of aryl methyl sites for hydroxylation is 2. The Balaban J connectivity index is 1.31. The minimum atomic E-state index is -0.617. The van der Waals surface area contributed by atoms with Crippen molar-refractivity contribution in [3.05, 3.63) is 64.4 Å². The SMILES string of the molecule is CC(=O)c1nn(CC(=O)N2[C@H](C(=O)Nc3nc(Br)ccc3C)C[C@@]3(CN(C)C)[I-][C@@H]23)c2ccc(-c3cnc(C)nc3)cc12. The number of Topliss-reactive ketones (excluding diaryl/α,β-unsaturated/α-hetero) is 1. The molecular weight excluding hydrogens is 727 g/mol. The fourth-order valence-electron chi connectivity index (χ4n) is 5.74. The van der Waals surface area contributed by atoms with E-state index in [1.807, 2.05) is 58.3 Å². The fourth-order valence-corrected chi connectivity index (χ4v) is 10.3. The van der Waals surface area contributed by atoms with E-state index in [0.717, 1.165) is 23.2 Å². The van der Waals surface area contributed by atoms with Gasteiger partial charge in [0.15, 0.2) is 0 Å². The quantitative estimate of drug-likeness (QED) is 0.0904. The van der Waals surface area contributed by atoms with E-state index in [-0.39, 0.29) is 52.8 Å². The number of fused-ring (bicyclic) bond motifs is 2. The summed E-state index contributed by atoms with van der Waals surface area (Å²) in [6, 6.07) is 8.76. The summed E-state index contributed by atoms with van der Waals surface area (Å²) in [5.41, 5.74) is 3.48. The number of halogens is 2. The first-order valence-corrected chi connectivity index (χ1v) is 16.9. The third-order valence-corrected chi connectivity index (χ3v) is 12.5. The van der Waals surface area contributed by atoms with Gasteiger partial charge in [0.1, 0.15) is 5.82 Å². The van der Waals surface area contributed by atoms with Gasteiger partial charge in [-0.1, -0.05) is 0 Å². The van der Waals surface area contributed by atoms with Gasteiger partial charge < -0.3 is 0 Å². The molecule has 11 nitrogen and oxygen atoms in total. The predicted molar refractivity (Wildman–Crippen MR) is 161 cm³/mol. The summed E-state index contributed by atoms with van der Waals surface area (Å²) >= 11 is 3.07. The van der Waals surface area contributed by atoms with Crippen molar-refractivity contribution in [1.82, 2.24) is 34.5 Å². The normalized spacial score (nSPS) is 21.0. The van der Waals surface area contributed by atoms with Gasteiger partial charge >= 0.3 is 256 Å². The van der Waals surface area contributed by atoms with Crippen LogP contribution in [0.5, 0.6) is 0 Å². The van der Waals surface area contributed by atoms with Crippen LogP contribution in [0.4, 0.5) is 5.82 Å². The van der Waals surface area contributed by atoms with Crippen molar-refractivity contribution < 1.29 is 35.6 Å². The summed E-state index contributed by atoms with van der Waals surface area (Å²) in [4.78, 5) is 57.3. The second kappa shape index (κ2) is 11.3. The molecule has 2 aliphatic rings. The number of ketones is 1. The monoisotopic (exact) mass is 757 g/mol. The molecule has 3 atom stereocenters. The standard InChI is InChI=1S/C30H31BrIN8O3/c1-16-6-9-24(31)35-27(16)36-28(43)23-11-30(15-38(4)5)29(32-30)40(23)25(42)14-39-22-8-7-19(20-12-33-18(3)34-13-20)10-21(22)26(37-39)17(2)41/h6-10,12-13,23,29H,11,14-15H2,1-5H3,(H,35,36,43)/q-1/t23-,29-,30-/m0/s1. The molecule has 2 fully saturated rings. The van der Waals surface area contributed by atoms with E-state index in [9.17, 15) is 14.4 Å². The number of carbonyl (C=O) groups is 3. The van der Waals surface area contributed by atoms with Crippen molar-refractivity contribution in [2.75, 3.05) is 26.0 Å². The van der Waals surface area contributed by atoms with Crippen molar-refractivity contribution in [2.24, 2.45) is 0 Å². The van der Waals surface area contributed by atoms with E-state index < -0.39 is 6.04 Å². The van der Waals surface area contributed by atoms with Crippen LogP contribution in [0.1, 0.15) is 35.2 Å². The number of carbonyl (C=O) groups excluding carboxylic acids is 3. The second-order valence-corrected chi connectivity index (χ2v) is 16.1. The molecule has 2 saturated heterocycles. The van der Waals surface area contributed by atoms with Crippen LogP contribution in [0.2, 0.25) is 0 Å². The maximum atomic E-state index is 14.1. The summed E-state index contributed by atoms with van der Waals surface area (Å²) in [7, 11) is 4.05. The first-order chi connectivity index (χ1) is 20.5. The van der Waals surface area contributed by atoms with Gasteiger partial charge in [0, 0.05) is 0 Å². The van der Waals surface area contributed by atoms with E-state index in [1.165, 1.54) is 6.92 Å². The minimum absolute atomic E-state index is 0.0263. The van der Waals surface area contributed by atoms with Gasteiger partial charge in [-0.05, 0) is 6.92 Å². The van der Waals surface area contributed by atoms with E-state index in [0.29, 0.717) is 39.3 Å². The average molecular weight is 758 g/mol. The molecular formula is C30H31BrIN8O3-. The van der Waals surface area contributed by atoms with Crippen LogP contribution in [0.3, 0.4) is 0 Å². The number of amides is 2. The Labute approximate surface area is 267 Å². The molecule has 0 saturated carbocycles. The summed E-state index contributed by atoms with van der Waals surface area (Å²) in [5.74, 6) is 0.531. The number of pyridine rings is 1. The molecule has 43 heavy (non-hydrogen) atoms. The average Bonchev–Trinajstić information content (AvgIpc) is 3.35. The molecule has 2 amide bonds. The number of rotatable bonds is 8. The van der Waals surface area contributed by atoms with Crippen molar-refractivity contribution in [1.29, 1.82) is 0 Å². The molecule has 1 aromatic carbocycles. The van der Waals surface area contributed by atoms with Crippen LogP contribution >= 0.6 is 15.9 Å². The van der Waals surface area contributed by atoms with Crippen LogP contribution in [-0.4, -0.2) is 86.3 Å². The van der Waals surface area contributed by atoms with Gasteiger partial charge in [-0.3, -0.25) is 0 Å². The number of anilines is 1. The van der Waals surface area contributed by atoms with Crippen LogP contribution in [0, 0.1) is 13.8 Å². The first-order valence-electron chi connectivity index (χ1n) is 13.8. The molecule has 2 aliphatic heterocycles. The number of likely N-dealkylation sites (tertiary alicyclic amines) is 1. The second-order valence-electron chi connectivity index (χ2n) is 11.3. The Kier molecular flexibility index (Phi) is 7.84. The zero-order chi connectivity index (χ0) is 30.6. The van der Waals surface area contributed by atoms with E-state index in [1.54, 1.807) is 22.0 Å². The zero-order valence-electron chi connectivity index (χ0n) is 24.4. The van der Waals surface area contributed by atoms with Gasteiger partial charge in [0.2, 0.25) is 0 Å². The topological polar surface area (TPSA) is 126 Å². The molecule has 3 aromatic heterocycles. The molecule has 4 aromatic rings. The molecule has 0 radical (unpaired) electrons. The number of benzene rings is 1. The molecule has 6 rings (SSSR count). The summed E-state index contributed by atoms with van der Waals surface area (Å²) < 4.78 is 2.25. The Morgan fingerprint density at radius 2 is 1.86 bits per heavy atom. The summed E-state index contributed by atoms with van der Waals surface area (Å²) in [6.45, 7) is 5.93. The van der Waals surface area contributed by atoms with Crippen molar-refractivity contribution in [3.8, 4) is 11.1 Å². The molecule has 0 bridgehead atoms. The molecule has 224 valence electrons. The number of alkyl halides is 2. The van der Waals surface area contributed by atoms with Gasteiger partial charge in [0.25, 0.3) is 0 Å². The number of hydrogen-bond donors (Lipinski definition) is 1. The molecule has 0 unspecified atom stereocenters. The first kappa shape index (κ1) is 29.8. The predicted octanol–water partition coefficient (Wildman–Crippen LogP) is 0.439. The van der Waals surface area contributed by atoms with Gasteiger partial charge in [-0.15, -0.1) is 0 Å². The number of nitrogens with one attached hydrogen (secondary N) is 1. The van der Waals surface area contributed by atoms with Gasteiger partial charge in [0.05, 0.1) is 0 Å². The molecule has 0 spiro atoms. The van der Waals surface area contributed by atoms with Gasteiger partial charge in [-0.2, -0.15) is 0 Å². The molecule has 0 aliphatic carbocycles. The molecule has 1 N–H and O–H groups in total. The summed E-state index contributed by atoms with van der Waals surface area (Å²) in [6.07, 6.45) is 4.11. The Morgan fingerprint density at radius 3 is 2.56 bits per heavy atom. The Morgan fingerprint density at radius 1 is 1.12 bits per heavy atom. The number of nitrogens with zero attached hydrogens (tertiary/aromatic N) is 7. The third-order valence-electron chi connectivity index (χ3n) is 7.77. The van der Waals surface area contributed by atoms with E-state index in [4.69, 9.17) is 0 Å². The molecule has 5 heterocycles. The zero-order valence-corrected chi connectivity index (χ0v) is 28.2. The van der Waals surface area contributed by atoms with E-state index in [2.05, 4.69) is 46.2 Å². The maximum absolute atomic E-state index is 14.1. The van der Waals surface area contributed by atoms with Crippen LogP contribution in [0.25, 0.3) is 22.0 Å². The van der Waals surface area contributed by atoms with E-state index >= 15 is 0 Å². The van der Waals surface area contributed by atoms with Crippen molar-refractivity contribution in [3.63, 3.8) is 0 Å². The number of hydrogen-bond acceptors (Lipinski definition) is 8. The Bertz CT molecular complexity index is 1780. The number of aromatic nitrogens is 5. The van der Waals surface area contributed by atoms with Crippen LogP contribution in [-0.2, 0) is 16.1 Å². The van der Waals surface area contributed by atoms with Crippen molar-refractivity contribution in [2.45, 2.75) is 47.2 Å². The van der Waals surface area contributed by atoms with Crippen LogP contribution in [0.15, 0.2) is 47.3 Å². The van der Waals surface area contributed by atoms with Crippen LogP contribution < -0.4 is 26.5 Å². The van der Waals surface area contributed by atoms with Gasteiger partial charge in [-0.25, -0.2) is 0 Å². The molecule has 13 heteroatoms. The third kappa shape index (κ3) is 5.69. The Hall–Kier alpha value is -3.30. The van der Waals surface area contributed by atoms with Crippen molar-refractivity contribution >= 4 is 50.2 Å². The fraction of sp³-hybridized carbons (Fsp3) is 0.367.